The zero-order valence-electron chi connectivity index (χ0n) is 10.3. The molecule has 3 atom stereocenters. The third kappa shape index (κ3) is 2.47. The van der Waals surface area contributed by atoms with Gasteiger partial charge in [0.05, 0.1) is 0 Å². The Kier molecular flexibility index (Phi) is 3.67. The molecular formula is C14H23NO. The van der Waals surface area contributed by atoms with E-state index in [1.165, 1.54) is 44.9 Å². The Morgan fingerprint density at radius 2 is 1.81 bits per heavy atom. The van der Waals surface area contributed by atoms with Crippen molar-refractivity contribution in [2.75, 3.05) is 0 Å². The van der Waals surface area contributed by atoms with Gasteiger partial charge in [-0.25, -0.2) is 0 Å². The van der Waals surface area contributed by atoms with Crippen molar-refractivity contribution in [2.24, 2.45) is 11.8 Å². The first-order chi connectivity index (χ1) is 7.68. The number of carbonyl (C=O) groups excluding carboxylic acids is 1. The van der Waals surface area contributed by atoms with E-state index in [-0.39, 0.29) is 5.91 Å². The minimum Gasteiger partial charge on any atom is -0.349 e. The molecule has 2 heteroatoms. The molecule has 2 aliphatic rings. The minimum atomic E-state index is 0.0521. The molecular weight excluding hydrogens is 198 g/mol. The highest BCUT2D eigenvalue weighted by Crippen LogP contribution is 2.40. The summed E-state index contributed by atoms with van der Waals surface area (Å²) in [6.07, 6.45) is 9.26. The van der Waals surface area contributed by atoms with Gasteiger partial charge in [0.25, 0.3) is 0 Å². The summed E-state index contributed by atoms with van der Waals surface area (Å²) in [5, 5.41) is 3.18. The molecule has 3 unspecified atom stereocenters. The Labute approximate surface area is 98.5 Å². The second kappa shape index (κ2) is 5.03. The highest BCUT2D eigenvalue weighted by molar-refractivity contribution is 5.92. The Bertz CT molecular complexity index is 282. The summed E-state index contributed by atoms with van der Waals surface area (Å²) in [6, 6.07) is 0.420. The summed E-state index contributed by atoms with van der Waals surface area (Å²) in [5.41, 5.74) is 0.637. The number of fused-ring (bicyclic) bond motifs is 1. The minimum absolute atomic E-state index is 0.0521. The molecule has 2 saturated carbocycles. The predicted molar refractivity (Wildman–Crippen MR) is 66.0 cm³/mol. The van der Waals surface area contributed by atoms with E-state index in [4.69, 9.17) is 0 Å². The molecule has 0 bridgehead atoms. The van der Waals surface area contributed by atoms with Gasteiger partial charge in [0.2, 0.25) is 5.91 Å². The Balaban J connectivity index is 1.97. The molecule has 0 aromatic heterocycles. The van der Waals surface area contributed by atoms with Crippen LogP contribution in [0.25, 0.3) is 0 Å². The maximum Gasteiger partial charge on any atom is 0.246 e. The second-order valence-electron chi connectivity index (χ2n) is 5.50. The number of rotatable bonds is 2. The maximum absolute atomic E-state index is 11.7. The fourth-order valence-corrected chi connectivity index (χ4v) is 3.41. The number of carbonyl (C=O) groups is 1. The summed E-state index contributed by atoms with van der Waals surface area (Å²) in [7, 11) is 0. The first kappa shape index (κ1) is 11.7. The number of hydrogen-bond donors (Lipinski definition) is 1. The van der Waals surface area contributed by atoms with E-state index < -0.39 is 0 Å². The summed E-state index contributed by atoms with van der Waals surface area (Å²) >= 11 is 0. The molecule has 0 saturated heterocycles. The average molecular weight is 221 g/mol. The predicted octanol–water partition coefficient (Wildman–Crippen LogP) is 3.04. The maximum atomic E-state index is 11.7. The second-order valence-corrected chi connectivity index (χ2v) is 5.50. The molecule has 0 heterocycles. The zero-order valence-corrected chi connectivity index (χ0v) is 10.3. The third-order valence-corrected chi connectivity index (χ3v) is 4.28. The van der Waals surface area contributed by atoms with Crippen molar-refractivity contribution < 1.29 is 4.79 Å². The van der Waals surface area contributed by atoms with Gasteiger partial charge in [0.15, 0.2) is 0 Å². The number of nitrogens with one attached hydrogen (secondary N) is 1. The van der Waals surface area contributed by atoms with Crippen LogP contribution in [0.1, 0.15) is 51.9 Å². The first-order valence-electron chi connectivity index (χ1n) is 6.65. The van der Waals surface area contributed by atoms with Crippen molar-refractivity contribution in [3.8, 4) is 0 Å². The highest BCUT2D eigenvalue weighted by Gasteiger charge is 2.35. The molecule has 0 aromatic carbocycles. The van der Waals surface area contributed by atoms with Crippen molar-refractivity contribution in [2.45, 2.75) is 57.9 Å². The van der Waals surface area contributed by atoms with Crippen LogP contribution in [-0.2, 0) is 4.79 Å². The molecule has 0 radical (unpaired) electrons. The van der Waals surface area contributed by atoms with Gasteiger partial charge >= 0.3 is 0 Å². The van der Waals surface area contributed by atoms with Crippen molar-refractivity contribution in [3.05, 3.63) is 12.2 Å². The van der Waals surface area contributed by atoms with Gasteiger partial charge in [0.1, 0.15) is 0 Å². The van der Waals surface area contributed by atoms with Gasteiger partial charge in [-0.05, 0) is 31.6 Å². The van der Waals surface area contributed by atoms with Crippen LogP contribution >= 0.6 is 0 Å². The lowest BCUT2D eigenvalue weighted by Gasteiger charge is -2.41. The highest BCUT2D eigenvalue weighted by atomic mass is 16.1. The number of amides is 1. The molecule has 2 fully saturated rings. The number of hydrogen-bond acceptors (Lipinski definition) is 1. The molecule has 0 aromatic rings. The summed E-state index contributed by atoms with van der Waals surface area (Å²) in [4.78, 5) is 11.7. The van der Waals surface area contributed by atoms with Crippen LogP contribution in [0.4, 0.5) is 0 Å². The molecule has 0 aliphatic heterocycles. The fraction of sp³-hybridized carbons (Fsp3) is 0.786. The molecule has 0 spiro atoms. The molecule has 16 heavy (non-hydrogen) atoms. The van der Waals surface area contributed by atoms with E-state index in [1.807, 2.05) is 0 Å². The molecule has 1 amide bonds. The molecule has 2 nitrogen and oxygen atoms in total. The van der Waals surface area contributed by atoms with E-state index in [9.17, 15) is 4.79 Å². The van der Waals surface area contributed by atoms with E-state index in [0.29, 0.717) is 11.6 Å². The van der Waals surface area contributed by atoms with Crippen molar-refractivity contribution in [3.63, 3.8) is 0 Å². The topological polar surface area (TPSA) is 29.1 Å². The SMILES string of the molecule is C=C(C)C(=O)NC1CCCC2CCCCC21. The van der Waals surface area contributed by atoms with E-state index in [1.54, 1.807) is 6.92 Å². The van der Waals surface area contributed by atoms with Crippen molar-refractivity contribution >= 4 is 5.91 Å². The fourth-order valence-electron chi connectivity index (χ4n) is 3.41. The lowest BCUT2D eigenvalue weighted by atomic mass is 9.68. The summed E-state index contributed by atoms with van der Waals surface area (Å²) in [6.45, 7) is 5.50. The Hall–Kier alpha value is -0.790. The van der Waals surface area contributed by atoms with Crippen molar-refractivity contribution in [1.29, 1.82) is 0 Å². The lowest BCUT2D eigenvalue weighted by Crippen LogP contribution is -2.46. The van der Waals surface area contributed by atoms with E-state index in [2.05, 4.69) is 11.9 Å². The molecule has 2 aliphatic carbocycles. The lowest BCUT2D eigenvalue weighted by molar-refractivity contribution is -0.119. The smallest absolute Gasteiger partial charge is 0.246 e. The quantitative estimate of drug-likeness (QED) is 0.713. The van der Waals surface area contributed by atoms with Gasteiger partial charge in [-0.1, -0.05) is 38.7 Å². The largest absolute Gasteiger partial charge is 0.349 e. The standard InChI is InChI=1S/C14H23NO/c1-10(2)14(16)15-13-9-5-7-11-6-3-4-8-12(11)13/h11-13H,1,3-9H2,2H3,(H,15,16). The monoisotopic (exact) mass is 221 g/mol. The summed E-state index contributed by atoms with van der Waals surface area (Å²) < 4.78 is 0. The molecule has 90 valence electrons. The van der Waals surface area contributed by atoms with Gasteiger partial charge in [-0.3, -0.25) is 4.79 Å². The molecule has 1 N–H and O–H groups in total. The molecule has 2 rings (SSSR count). The Morgan fingerprint density at radius 3 is 2.56 bits per heavy atom. The van der Waals surface area contributed by atoms with Gasteiger partial charge in [-0.2, -0.15) is 0 Å². The van der Waals surface area contributed by atoms with Gasteiger partial charge in [0, 0.05) is 11.6 Å². The van der Waals surface area contributed by atoms with Gasteiger partial charge in [-0.15, -0.1) is 0 Å². The van der Waals surface area contributed by atoms with Crippen LogP contribution in [-0.4, -0.2) is 11.9 Å². The third-order valence-electron chi connectivity index (χ3n) is 4.28. The van der Waals surface area contributed by atoms with E-state index >= 15 is 0 Å². The average Bonchev–Trinajstić information content (AvgIpc) is 2.29. The van der Waals surface area contributed by atoms with Crippen LogP contribution in [0.15, 0.2) is 12.2 Å². The first-order valence-corrected chi connectivity index (χ1v) is 6.65. The van der Waals surface area contributed by atoms with Crippen molar-refractivity contribution in [1.82, 2.24) is 5.32 Å². The summed E-state index contributed by atoms with van der Waals surface area (Å²) in [5.74, 6) is 1.67. The normalized spacial score (nSPS) is 33.9. The van der Waals surface area contributed by atoms with Crippen LogP contribution in [0.2, 0.25) is 0 Å². The van der Waals surface area contributed by atoms with Gasteiger partial charge < -0.3 is 5.32 Å². The van der Waals surface area contributed by atoms with Crippen LogP contribution in [0.5, 0.6) is 0 Å². The van der Waals surface area contributed by atoms with Crippen LogP contribution in [0.3, 0.4) is 0 Å². The Morgan fingerprint density at radius 1 is 1.12 bits per heavy atom. The van der Waals surface area contributed by atoms with Crippen LogP contribution in [0, 0.1) is 11.8 Å². The van der Waals surface area contributed by atoms with E-state index in [0.717, 1.165) is 11.8 Å². The zero-order chi connectivity index (χ0) is 11.5. The van der Waals surface area contributed by atoms with Crippen LogP contribution < -0.4 is 5.32 Å².